The van der Waals surface area contributed by atoms with E-state index >= 15 is 4.39 Å². The molecule has 2 saturated heterocycles. The number of halogens is 4. The summed E-state index contributed by atoms with van der Waals surface area (Å²) in [5, 5.41) is 6.84. The van der Waals surface area contributed by atoms with Crippen LogP contribution in [-0.4, -0.2) is 64.0 Å². The highest BCUT2D eigenvalue weighted by Crippen LogP contribution is 2.34. The highest BCUT2D eigenvalue weighted by Gasteiger charge is 2.54. The van der Waals surface area contributed by atoms with Crippen molar-refractivity contribution in [3.8, 4) is 11.5 Å². The van der Waals surface area contributed by atoms with Crippen molar-refractivity contribution in [2.24, 2.45) is 0 Å². The number of benzene rings is 1. The predicted octanol–water partition coefficient (Wildman–Crippen LogP) is 3.55. The van der Waals surface area contributed by atoms with Crippen molar-refractivity contribution in [2.45, 2.75) is 31.1 Å². The maximum Gasteiger partial charge on any atom is 0.314 e. The zero-order valence-corrected chi connectivity index (χ0v) is 18.4. The molecule has 0 spiro atoms. The fourth-order valence-electron chi connectivity index (χ4n) is 4.21. The third kappa shape index (κ3) is 4.76. The smallest absolute Gasteiger partial charge is 0.314 e. The Labute approximate surface area is 197 Å². The minimum Gasteiger partial charge on any atom is -0.415 e. The van der Waals surface area contributed by atoms with Crippen molar-refractivity contribution in [3.05, 3.63) is 60.0 Å². The molecule has 5 rings (SSSR count). The van der Waals surface area contributed by atoms with E-state index in [1.807, 2.05) is 4.90 Å². The normalized spacial score (nSPS) is 19.6. The van der Waals surface area contributed by atoms with Gasteiger partial charge in [0.15, 0.2) is 0 Å². The lowest BCUT2D eigenvalue weighted by Crippen LogP contribution is -2.68. The molecule has 1 atom stereocenters. The first-order valence-corrected chi connectivity index (χ1v) is 11.0. The summed E-state index contributed by atoms with van der Waals surface area (Å²) < 4.78 is 65.2. The van der Waals surface area contributed by atoms with Crippen molar-refractivity contribution >= 4 is 11.6 Å². The second kappa shape index (κ2) is 9.34. The quantitative estimate of drug-likeness (QED) is 0.468. The molecule has 3 aromatic rings. The lowest BCUT2D eigenvalue weighted by Gasteiger charge is -2.47. The van der Waals surface area contributed by atoms with E-state index in [-0.39, 0.29) is 37.3 Å². The van der Waals surface area contributed by atoms with Crippen LogP contribution in [0.3, 0.4) is 0 Å². The first-order chi connectivity index (χ1) is 16.8. The van der Waals surface area contributed by atoms with Crippen LogP contribution >= 0.6 is 0 Å². The zero-order valence-electron chi connectivity index (χ0n) is 18.4. The SMILES string of the molecule is O=C(N(Cc1ccc(-c2nnc(C(F)F)o2)cn1)c1cccc(F)c1)C1(F)CN(C2CCOC2)C1. The van der Waals surface area contributed by atoms with Crippen LogP contribution in [0.25, 0.3) is 11.5 Å². The molecule has 0 saturated carbocycles. The minimum absolute atomic E-state index is 0.0678. The van der Waals surface area contributed by atoms with Gasteiger partial charge in [-0.05, 0) is 36.8 Å². The number of hydrogen-bond donors (Lipinski definition) is 0. The predicted molar refractivity (Wildman–Crippen MR) is 115 cm³/mol. The molecule has 184 valence electrons. The van der Waals surface area contributed by atoms with Crippen LogP contribution in [0.5, 0.6) is 0 Å². The van der Waals surface area contributed by atoms with Gasteiger partial charge in [0.25, 0.3) is 11.8 Å². The monoisotopic (exact) mass is 491 g/mol. The zero-order chi connectivity index (χ0) is 24.6. The Balaban J connectivity index is 1.35. The van der Waals surface area contributed by atoms with E-state index in [4.69, 9.17) is 9.15 Å². The molecule has 1 unspecified atom stereocenters. The van der Waals surface area contributed by atoms with Crippen LogP contribution in [0, 0.1) is 5.82 Å². The number of ether oxygens (including phenoxy) is 1. The van der Waals surface area contributed by atoms with Crippen LogP contribution in [-0.2, 0) is 16.1 Å². The average Bonchev–Trinajstić information content (AvgIpc) is 3.53. The number of anilines is 1. The van der Waals surface area contributed by atoms with Gasteiger partial charge in [-0.2, -0.15) is 8.78 Å². The first-order valence-electron chi connectivity index (χ1n) is 11.0. The summed E-state index contributed by atoms with van der Waals surface area (Å²) in [5.74, 6) is -2.30. The Morgan fingerprint density at radius 3 is 2.69 bits per heavy atom. The summed E-state index contributed by atoms with van der Waals surface area (Å²) in [6, 6.07) is 8.45. The summed E-state index contributed by atoms with van der Waals surface area (Å²) in [7, 11) is 0. The molecule has 12 heteroatoms. The van der Waals surface area contributed by atoms with Gasteiger partial charge in [0.05, 0.1) is 24.4 Å². The van der Waals surface area contributed by atoms with Gasteiger partial charge in [-0.1, -0.05) is 6.07 Å². The molecule has 0 bridgehead atoms. The number of pyridine rings is 1. The van der Waals surface area contributed by atoms with Crippen molar-refractivity contribution in [1.29, 1.82) is 0 Å². The Kier molecular flexibility index (Phi) is 6.24. The van der Waals surface area contributed by atoms with E-state index in [1.54, 1.807) is 0 Å². The second-order valence-corrected chi connectivity index (χ2v) is 8.54. The Morgan fingerprint density at radius 2 is 2.06 bits per heavy atom. The summed E-state index contributed by atoms with van der Waals surface area (Å²) in [4.78, 5) is 20.6. The summed E-state index contributed by atoms with van der Waals surface area (Å²) >= 11 is 0. The highest BCUT2D eigenvalue weighted by molar-refractivity contribution is 6.00. The van der Waals surface area contributed by atoms with Crippen LogP contribution in [0.2, 0.25) is 0 Å². The van der Waals surface area contributed by atoms with E-state index in [1.165, 1.54) is 36.5 Å². The fraction of sp³-hybridized carbons (Fsp3) is 0.391. The van der Waals surface area contributed by atoms with E-state index in [0.717, 1.165) is 17.4 Å². The number of rotatable bonds is 7. The lowest BCUT2D eigenvalue weighted by molar-refractivity contribution is -0.145. The maximum atomic E-state index is 15.6. The van der Waals surface area contributed by atoms with E-state index in [0.29, 0.717) is 24.5 Å². The van der Waals surface area contributed by atoms with E-state index < -0.39 is 29.7 Å². The molecule has 2 aliphatic heterocycles. The van der Waals surface area contributed by atoms with Crippen LogP contribution in [0.15, 0.2) is 47.0 Å². The number of carbonyl (C=O) groups excluding carboxylic acids is 1. The number of nitrogens with zero attached hydrogens (tertiary/aromatic N) is 5. The molecular formula is C23H21F4N5O3. The number of amides is 1. The molecule has 0 aliphatic carbocycles. The van der Waals surface area contributed by atoms with Crippen LogP contribution < -0.4 is 4.90 Å². The van der Waals surface area contributed by atoms with Crippen molar-refractivity contribution < 1.29 is 31.5 Å². The molecule has 2 fully saturated rings. The number of carbonyl (C=O) groups is 1. The van der Waals surface area contributed by atoms with E-state index in [9.17, 15) is 18.0 Å². The molecule has 35 heavy (non-hydrogen) atoms. The number of likely N-dealkylation sites (tertiary alicyclic amines) is 1. The molecule has 8 nitrogen and oxygen atoms in total. The van der Waals surface area contributed by atoms with Gasteiger partial charge < -0.3 is 14.1 Å². The topological polar surface area (TPSA) is 84.6 Å². The maximum absolute atomic E-state index is 15.6. The lowest BCUT2D eigenvalue weighted by atomic mass is 9.91. The molecule has 2 aliphatic rings. The average molecular weight is 491 g/mol. The van der Waals surface area contributed by atoms with Crippen molar-refractivity contribution in [2.75, 3.05) is 31.2 Å². The molecular weight excluding hydrogens is 470 g/mol. The summed E-state index contributed by atoms with van der Waals surface area (Å²) in [6.07, 6.45) is -0.790. The molecule has 4 heterocycles. The van der Waals surface area contributed by atoms with Gasteiger partial charge in [-0.3, -0.25) is 14.7 Å². The molecule has 2 aromatic heterocycles. The van der Waals surface area contributed by atoms with Gasteiger partial charge >= 0.3 is 6.43 Å². The Morgan fingerprint density at radius 1 is 1.23 bits per heavy atom. The van der Waals surface area contributed by atoms with Gasteiger partial charge in [-0.25, -0.2) is 8.78 Å². The third-order valence-electron chi connectivity index (χ3n) is 6.10. The summed E-state index contributed by atoms with van der Waals surface area (Å²) in [5.41, 5.74) is -1.26. The molecule has 1 amide bonds. The first kappa shape index (κ1) is 23.4. The molecule has 0 radical (unpaired) electrons. The Bertz CT molecular complexity index is 1190. The number of aromatic nitrogens is 3. The Hall–Kier alpha value is -3.38. The minimum atomic E-state index is -2.90. The van der Waals surface area contributed by atoms with Crippen molar-refractivity contribution in [3.63, 3.8) is 0 Å². The van der Waals surface area contributed by atoms with Crippen LogP contribution in [0.4, 0.5) is 23.2 Å². The van der Waals surface area contributed by atoms with Crippen LogP contribution in [0.1, 0.15) is 24.4 Å². The van der Waals surface area contributed by atoms with Crippen molar-refractivity contribution in [1.82, 2.24) is 20.1 Å². The van der Waals surface area contributed by atoms with Gasteiger partial charge in [0, 0.05) is 37.6 Å². The van der Waals surface area contributed by atoms with Gasteiger partial charge in [0.1, 0.15) is 5.82 Å². The molecule has 0 N–H and O–H groups in total. The van der Waals surface area contributed by atoms with E-state index in [2.05, 4.69) is 15.2 Å². The molecule has 1 aromatic carbocycles. The van der Waals surface area contributed by atoms with Gasteiger partial charge in [-0.15, -0.1) is 10.2 Å². The van der Waals surface area contributed by atoms with Gasteiger partial charge in [0.2, 0.25) is 11.6 Å². The highest BCUT2D eigenvalue weighted by atomic mass is 19.3. The summed E-state index contributed by atoms with van der Waals surface area (Å²) in [6.45, 7) is 0.849. The standard InChI is InChI=1S/C23H21F4N5O3/c24-15-2-1-3-17(8-15)32(22(33)23(27)12-31(13-23)18-6-7-34-11-18)10-16-5-4-14(9-28-16)20-29-30-21(35-20)19(25)26/h1-5,8-9,18-19H,6-7,10-13H2. The third-order valence-corrected chi connectivity index (χ3v) is 6.10. The number of alkyl halides is 3. The number of hydrogen-bond acceptors (Lipinski definition) is 7. The fourth-order valence-corrected chi connectivity index (χ4v) is 4.21. The largest absolute Gasteiger partial charge is 0.415 e. The second-order valence-electron chi connectivity index (χ2n) is 8.54.